The summed E-state index contributed by atoms with van der Waals surface area (Å²) >= 11 is 0. The number of hydrogen-bond acceptors (Lipinski definition) is 2. The molecule has 2 nitrogen and oxygen atoms in total. The molecule has 0 saturated carbocycles. The lowest BCUT2D eigenvalue weighted by atomic mass is 10.1. The van der Waals surface area contributed by atoms with Crippen molar-refractivity contribution in [3.8, 4) is 0 Å². The average molecular weight is 150 g/mol. The molecule has 2 heteroatoms. The van der Waals surface area contributed by atoms with E-state index in [9.17, 15) is 0 Å². The van der Waals surface area contributed by atoms with Gasteiger partial charge in [-0.3, -0.25) is 0 Å². The number of rotatable bonds is 2. The Morgan fingerprint density at radius 1 is 0.818 bits per heavy atom. The van der Waals surface area contributed by atoms with Gasteiger partial charge in [-0.2, -0.15) is 0 Å². The zero-order valence-corrected chi connectivity index (χ0v) is 6.69. The maximum Gasteiger partial charge on any atom is 0.0213 e. The third kappa shape index (κ3) is 2.00. The van der Waals surface area contributed by atoms with Crippen molar-refractivity contribution in [3.05, 3.63) is 11.1 Å². The number of nitrogens with one attached hydrogen (secondary N) is 2. The Kier molecular flexibility index (Phi) is 3.02. The monoisotopic (exact) mass is 150 g/mol. The highest BCUT2D eigenvalue weighted by Crippen LogP contribution is 2.20. The van der Waals surface area contributed by atoms with Crippen molar-refractivity contribution in [3.63, 3.8) is 0 Å². The quantitative estimate of drug-likeness (QED) is 0.568. The summed E-state index contributed by atoms with van der Waals surface area (Å²) in [7, 11) is 0. The van der Waals surface area contributed by atoms with Crippen LogP contribution in [-0.4, -0.2) is 12.4 Å². The Bertz CT molecular complexity index is 172. The highest BCUT2D eigenvalue weighted by molar-refractivity contribution is 5.88. The average Bonchev–Trinajstić information content (AvgIpc) is 2.27. The fourth-order valence-electron chi connectivity index (χ4n) is 1.46. The van der Waals surface area contributed by atoms with Gasteiger partial charge in [-0.05, 0) is 36.8 Å². The van der Waals surface area contributed by atoms with Crippen LogP contribution in [0.15, 0.2) is 11.1 Å². The van der Waals surface area contributed by atoms with Gasteiger partial charge >= 0.3 is 0 Å². The van der Waals surface area contributed by atoms with E-state index in [-0.39, 0.29) is 0 Å². The second kappa shape index (κ2) is 4.06. The molecule has 0 atom stereocenters. The Labute approximate surface area is 67.3 Å². The van der Waals surface area contributed by atoms with E-state index < -0.39 is 0 Å². The van der Waals surface area contributed by atoms with E-state index in [4.69, 9.17) is 10.8 Å². The number of hydrogen-bond donors (Lipinski definition) is 2. The third-order valence-electron chi connectivity index (χ3n) is 2.15. The van der Waals surface area contributed by atoms with Crippen LogP contribution in [-0.2, 0) is 0 Å². The van der Waals surface area contributed by atoms with E-state index in [0.29, 0.717) is 0 Å². The first-order chi connectivity index (χ1) is 5.38. The van der Waals surface area contributed by atoms with Crippen molar-refractivity contribution in [1.29, 1.82) is 10.8 Å². The molecular formula is C9H14N2. The van der Waals surface area contributed by atoms with Crippen molar-refractivity contribution in [1.82, 2.24) is 0 Å². The molecule has 0 aromatic carbocycles. The molecular weight excluding hydrogens is 136 g/mol. The minimum atomic E-state index is 0.994. The molecule has 1 rings (SSSR count). The lowest BCUT2D eigenvalue weighted by molar-refractivity contribution is 0.713. The van der Waals surface area contributed by atoms with E-state index in [0.717, 1.165) is 24.0 Å². The van der Waals surface area contributed by atoms with Crippen molar-refractivity contribution >= 4 is 12.4 Å². The smallest absolute Gasteiger partial charge is 0.0213 e. The Hall–Kier alpha value is -0.920. The van der Waals surface area contributed by atoms with Crippen molar-refractivity contribution in [2.24, 2.45) is 0 Å². The minimum absolute atomic E-state index is 0.994. The van der Waals surface area contributed by atoms with Gasteiger partial charge in [0.05, 0.1) is 0 Å². The third-order valence-corrected chi connectivity index (χ3v) is 2.15. The fourth-order valence-corrected chi connectivity index (χ4v) is 1.46. The molecule has 1 aliphatic rings. The maximum absolute atomic E-state index is 7.14. The van der Waals surface area contributed by atoms with E-state index >= 15 is 0 Å². The van der Waals surface area contributed by atoms with Crippen LogP contribution in [0.3, 0.4) is 0 Å². The highest BCUT2D eigenvalue weighted by atomic mass is 14.4. The molecule has 0 amide bonds. The van der Waals surface area contributed by atoms with E-state index in [1.165, 1.54) is 31.7 Å². The molecule has 2 N–H and O–H groups in total. The van der Waals surface area contributed by atoms with Gasteiger partial charge in [0.25, 0.3) is 0 Å². The molecule has 1 aliphatic carbocycles. The second-order valence-electron chi connectivity index (χ2n) is 2.90. The molecule has 0 spiro atoms. The zero-order chi connectivity index (χ0) is 8.10. The summed E-state index contributed by atoms with van der Waals surface area (Å²) in [6, 6.07) is 0. The van der Waals surface area contributed by atoms with Gasteiger partial charge in [0.15, 0.2) is 0 Å². The van der Waals surface area contributed by atoms with Crippen LogP contribution in [0.4, 0.5) is 0 Å². The first kappa shape index (κ1) is 8.18. The first-order valence-corrected chi connectivity index (χ1v) is 4.11. The van der Waals surface area contributed by atoms with Gasteiger partial charge in [-0.15, -0.1) is 0 Å². The van der Waals surface area contributed by atoms with Crippen molar-refractivity contribution in [2.45, 2.75) is 32.1 Å². The predicted molar refractivity (Wildman–Crippen MR) is 47.7 cm³/mol. The molecule has 0 bridgehead atoms. The summed E-state index contributed by atoms with van der Waals surface area (Å²) in [6.07, 6.45) is 8.42. The van der Waals surface area contributed by atoms with Gasteiger partial charge in [0, 0.05) is 12.4 Å². The molecule has 0 aromatic heterocycles. The topological polar surface area (TPSA) is 47.7 Å². The molecule has 60 valence electrons. The van der Waals surface area contributed by atoms with Crippen LogP contribution < -0.4 is 0 Å². The van der Waals surface area contributed by atoms with Gasteiger partial charge in [-0.1, -0.05) is 6.42 Å². The van der Waals surface area contributed by atoms with Gasteiger partial charge in [-0.25, -0.2) is 0 Å². The normalized spacial score (nSPS) is 19.3. The summed E-state index contributed by atoms with van der Waals surface area (Å²) in [5.41, 5.74) is 2.13. The number of allylic oxidation sites excluding steroid dienone is 2. The summed E-state index contributed by atoms with van der Waals surface area (Å²) in [4.78, 5) is 0. The van der Waals surface area contributed by atoms with Gasteiger partial charge in [0.2, 0.25) is 0 Å². The molecule has 0 aliphatic heterocycles. The van der Waals surface area contributed by atoms with Crippen molar-refractivity contribution < 1.29 is 0 Å². The molecule has 0 radical (unpaired) electrons. The van der Waals surface area contributed by atoms with Crippen LogP contribution >= 0.6 is 0 Å². The summed E-state index contributed by atoms with van der Waals surface area (Å²) < 4.78 is 0. The van der Waals surface area contributed by atoms with Crippen LogP contribution in [0.25, 0.3) is 0 Å². The molecule has 0 aromatic rings. The highest BCUT2D eigenvalue weighted by Gasteiger charge is 2.06. The lowest BCUT2D eigenvalue weighted by Gasteiger charge is -2.00. The van der Waals surface area contributed by atoms with Crippen LogP contribution in [0.2, 0.25) is 0 Å². The Morgan fingerprint density at radius 3 is 1.64 bits per heavy atom. The van der Waals surface area contributed by atoms with Crippen LogP contribution in [0.1, 0.15) is 32.1 Å². The molecule has 0 heterocycles. The minimum Gasteiger partial charge on any atom is -0.308 e. The van der Waals surface area contributed by atoms with Gasteiger partial charge < -0.3 is 10.8 Å². The molecule has 0 unspecified atom stereocenters. The van der Waals surface area contributed by atoms with E-state index in [1.807, 2.05) is 0 Å². The zero-order valence-electron chi connectivity index (χ0n) is 6.69. The summed E-state index contributed by atoms with van der Waals surface area (Å²) in [6.45, 7) is 0. The molecule has 0 fully saturated rings. The maximum atomic E-state index is 7.14. The molecule has 11 heavy (non-hydrogen) atoms. The van der Waals surface area contributed by atoms with Crippen LogP contribution in [0, 0.1) is 10.8 Å². The van der Waals surface area contributed by atoms with Gasteiger partial charge in [0.1, 0.15) is 0 Å². The summed E-state index contributed by atoms with van der Waals surface area (Å²) in [5.74, 6) is 0. The predicted octanol–water partition coefficient (Wildman–Crippen LogP) is 2.55. The van der Waals surface area contributed by atoms with E-state index in [2.05, 4.69) is 0 Å². The SMILES string of the molecule is N=CC1=C(C=N)CCCCC1. The first-order valence-electron chi connectivity index (χ1n) is 4.11. The lowest BCUT2D eigenvalue weighted by Crippen LogP contribution is -1.91. The second-order valence-corrected chi connectivity index (χ2v) is 2.90. The summed E-state index contributed by atoms with van der Waals surface area (Å²) in [5, 5.41) is 14.3. The largest absolute Gasteiger partial charge is 0.308 e. The van der Waals surface area contributed by atoms with Crippen molar-refractivity contribution in [2.75, 3.05) is 0 Å². The Morgan fingerprint density at radius 2 is 1.27 bits per heavy atom. The Balaban J connectivity index is 2.79. The van der Waals surface area contributed by atoms with Crippen LogP contribution in [0.5, 0.6) is 0 Å². The standard InChI is InChI=1S/C9H14N2/c10-6-8-4-2-1-3-5-9(8)7-11/h6-7,10-11H,1-5H2. The molecule has 0 saturated heterocycles. The fraction of sp³-hybridized carbons (Fsp3) is 0.556. The van der Waals surface area contributed by atoms with E-state index in [1.54, 1.807) is 0 Å².